The highest BCUT2D eigenvalue weighted by molar-refractivity contribution is 7.26. The molecule has 258 valence electrons. The van der Waals surface area contributed by atoms with Gasteiger partial charge >= 0.3 is 0 Å². The predicted octanol–water partition coefficient (Wildman–Crippen LogP) is 16.0. The van der Waals surface area contributed by atoms with Gasteiger partial charge in [-0.1, -0.05) is 140 Å². The van der Waals surface area contributed by atoms with Crippen LogP contribution in [0, 0.1) is 0 Å². The van der Waals surface area contributed by atoms with E-state index in [0.29, 0.717) is 0 Å². The van der Waals surface area contributed by atoms with Crippen molar-refractivity contribution in [3.8, 4) is 33.4 Å². The fourth-order valence-corrected chi connectivity index (χ4v) is 10.5. The highest BCUT2D eigenvalue weighted by Gasteiger charge is 2.20. The van der Waals surface area contributed by atoms with Crippen molar-refractivity contribution in [2.24, 2.45) is 0 Å². The van der Waals surface area contributed by atoms with Crippen LogP contribution in [0.15, 0.2) is 200 Å². The van der Waals surface area contributed by atoms with E-state index in [1.54, 1.807) is 0 Å². The third kappa shape index (κ3) is 5.51. The number of anilines is 3. The molecule has 0 aliphatic carbocycles. The van der Waals surface area contributed by atoms with Crippen molar-refractivity contribution >= 4 is 90.9 Å². The van der Waals surface area contributed by atoms with E-state index in [1.165, 1.54) is 84.5 Å². The first-order chi connectivity index (χ1) is 27.2. The van der Waals surface area contributed by atoms with E-state index in [9.17, 15) is 0 Å². The molecular weight excluding hydrogens is 703 g/mol. The van der Waals surface area contributed by atoms with Crippen molar-refractivity contribution in [2.45, 2.75) is 0 Å². The van der Waals surface area contributed by atoms with Crippen molar-refractivity contribution in [3.05, 3.63) is 200 Å². The Labute approximate surface area is 327 Å². The number of para-hydroxylation sites is 1. The highest BCUT2D eigenvalue weighted by atomic mass is 32.1. The Balaban J connectivity index is 1.11. The second-order valence-corrected chi connectivity index (χ2v) is 16.3. The largest absolute Gasteiger partial charge is 0.310 e. The lowest BCUT2D eigenvalue weighted by atomic mass is 9.97. The zero-order valence-electron chi connectivity index (χ0n) is 29.8. The smallest absolute Gasteiger partial charge is 0.0540 e. The lowest BCUT2D eigenvalue weighted by Gasteiger charge is -2.29. The summed E-state index contributed by atoms with van der Waals surface area (Å²) in [5.41, 5.74) is 10.6. The Kier molecular flexibility index (Phi) is 7.61. The van der Waals surface area contributed by atoms with E-state index < -0.39 is 0 Å². The van der Waals surface area contributed by atoms with Gasteiger partial charge in [-0.25, -0.2) is 0 Å². The first-order valence-electron chi connectivity index (χ1n) is 18.7. The van der Waals surface area contributed by atoms with Crippen LogP contribution in [0.5, 0.6) is 0 Å². The van der Waals surface area contributed by atoms with Crippen molar-refractivity contribution in [1.82, 2.24) is 0 Å². The molecular formula is C52H33NS2. The average molecular weight is 736 g/mol. The maximum absolute atomic E-state index is 2.45. The van der Waals surface area contributed by atoms with E-state index in [1.807, 2.05) is 22.7 Å². The van der Waals surface area contributed by atoms with Gasteiger partial charge in [0.25, 0.3) is 0 Å². The minimum atomic E-state index is 1.11. The molecule has 0 radical (unpaired) electrons. The molecule has 0 aliphatic heterocycles. The lowest BCUT2D eigenvalue weighted by molar-refractivity contribution is 1.28. The second-order valence-electron chi connectivity index (χ2n) is 14.1. The zero-order valence-corrected chi connectivity index (χ0v) is 31.4. The summed E-state index contributed by atoms with van der Waals surface area (Å²) in [5, 5.41) is 7.75. The molecule has 3 heteroatoms. The molecule has 0 spiro atoms. The summed E-state index contributed by atoms with van der Waals surface area (Å²) in [5.74, 6) is 0. The van der Waals surface area contributed by atoms with Crippen LogP contribution in [-0.2, 0) is 0 Å². The molecule has 1 nitrogen and oxygen atoms in total. The lowest BCUT2D eigenvalue weighted by Crippen LogP contribution is -2.11. The van der Waals surface area contributed by atoms with Crippen LogP contribution < -0.4 is 4.90 Å². The monoisotopic (exact) mass is 735 g/mol. The molecule has 0 bridgehead atoms. The molecule has 0 saturated heterocycles. The number of thiophene rings is 2. The van der Waals surface area contributed by atoms with Gasteiger partial charge in [0.2, 0.25) is 0 Å². The Morgan fingerprint density at radius 3 is 1.75 bits per heavy atom. The fraction of sp³-hybridized carbons (Fsp3) is 0. The number of hydrogen-bond donors (Lipinski definition) is 0. The molecule has 0 N–H and O–H groups in total. The highest BCUT2D eigenvalue weighted by Crippen LogP contribution is 2.46. The molecule has 2 heterocycles. The van der Waals surface area contributed by atoms with Gasteiger partial charge in [-0.15, -0.1) is 22.7 Å². The number of rotatable bonds is 6. The Bertz CT molecular complexity index is 3240. The first-order valence-corrected chi connectivity index (χ1v) is 20.3. The Morgan fingerprint density at radius 2 is 0.873 bits per heavy atom. The van der Waals surface area contributed by atoms with Crippen molar-refractivity contribution in [2.75, 3.05) is 4.90 Å². The molecule has 11 aromatic rings. The molecule has 0 aliphatic rings. The molecule has 11 rings (SSSR count). The molecule has 2 aromatic heterocycles. The van der Waals surface area contributed by atoms with Crippen LogP contribution >= 0.6 is 22.7 Å². The summed E-state index contributed by atoms with van der Waals surface area (Å²) in [6, 6.07) is 73.6. The maximum Gasteiger partial charge on any atom is 0.0540 e. The van der Waals surface area contributed by atoms with Gasteiger partial charge in [-0.3, -0.25) is 0 Å². The quantitative estimate of drug-likeness (QED) is 0.164. The number of benzene rings is 9. The third-order valence-corrected chi connectivity index (χ3v) is 13.1. The minimum absolute atomic E-state index is 1.11. The van der Waals surface area contributed by atoms with Crippen LogP contribution in [0.1, 0.15) is 0 Å². The number of fused-ring (bicyclic) bond motifs is 7. The Morgan fingerprint density at radius 1 is 0.309 bits per heavy atom. The van der Waals surface area contributed by atoms with Gasteiger partial charge in [0.1, 0.15) is 0 Å². The van der Waals surface area contributed by atoms with Crippen LogP contribution in [-0.4, -0.2) is 0 Å². The molecule has 0 unspecified atom stereocenters. The molecule has 0 saturated carbocycles. The second kappa shape index (κ2) is 13.1. The summed E-state index contributed by atoms with van der Waals surface area (Å²) in [6.45, 7) is 0. The first kappa shape index (κ1) is 32.0. The van der Waals surface area contributed by atoms with Crippen LogP contribution in [0.2, 0.25) is 0 Å². The van der Waals surface area contributed by atoms with Crippen LogP contribution in [0.3, 0.4) is 0 Å². The summed E-state index contributed by atoms with van der Waals surface area (Å²) in [4.78, 5) is 2.45. The maximum atomic E-state index is 2.45. The van der Waals surface area contributed by atoms with Crippen molar-refractivity contribution in [1.29, 1.82) is 0 Å². The fourth-order valence-electron chi connectivity index (χ4n) is 8.25. The molecule has 55 heavy (non-hydrogen) atoms. The number of hydrogen-bond acceptors (Lipinski definition) is 3. The van der Waals surface area contributed by atoms with E-state index >= 15 is 0 Å². The van der Waals surface area contributed by atoms with Gasteiger partial charge in [0.05, 0.1) is 5.69 Å². The standard InChI is InChI=1S/C52H33NS2/c1-2-13-35-30-37(27-26-34(35)12-1)36-14-9-16-40(31-36)53(41-17-10-15-38(32-41)43-21-11-25-50-52(43)46-20-5-8-24-49(46)54-50)47-22-6-3-18-42(47)39-28-29-45-44-19-4-7-23-48(44)55-51(45)33-39/h1-33H. The normalized spacial score (nSPS) is 11.6. The van der Waals surface area contributed by atoms with Crippen LogP contribution in [0.25, 0.3) is 84.5 Å². The summed E-state index contributed by atoms with van der Waals surface area (Å²) >= 11 is 3.73. The Hall–Kier alpha value is -6.52. The SMILES string of the molecule is c1cc(-c2ccc3ccccc3c2)cc(N(c2cccc(-c3cccc4sc5ccccc5c34)c2)c2ccccc2-c2ccc3c(c2)sc2ccccc23)c1. The number of nitrogens with zero attached hydrogens (tertiary/aromatic N) is 1. The average Bonchev–Trinajstić information content (AvgIpc) is 3.82. The van der Waals surface area contributed by atoms with Gasteiger partial charge in [0.15, 0.2) is 0 Å². The summed E-state index contributed by atoms with van der Waals surface area (Å²) in [6.07, 6.45) is 0. The molecule has 0 atom stereocenters. The zero-order chi connectivity index (χ0) is 36.3. The van der Waals surface area contributed by atoms with E-state index in [-0.39, 0.29) is 0 Å². The molecule has 0 fully saturated rings. The van der Waals surface area contributed by atoms with Gasteiger partial charge < -0.3 is 4.90 Å². The topological polar surface area (TPSA) is 3.24 Å². The van der Waals surface area contributed by atoms with E-state index in [0.717, 1.165) is 17.1 Å². The van der Waals surface area contributed by atoms with Crippen molar-refractivity contribution in [3.63, 3.8) is 0 Å². The van der Waals surface area contributed by atoms with Gasteiger partial charge in [-0.05, 0) is 99.3 Å². The third-order valence-electron chi connectivity index (χ3n) is 10.8. The summed E-state index contributed by atoms with van der Waals surface area (Å²) < 4.78 is 5.25. The van der Waals surface area contributed by atoms with Crippen LogP contribution in [0.4, 0.5) is 17.1 Å². The van der Waals surface area contributed by atoms with E-state index in [4.69, 9.17) is 0 Å². The molecule has 9 aromatic carbocycles. The van der Waals surface area contributed by atoms with Gasteiger partial charge in [-0.2, -0.15) is 0 Å². The van der Waals surface area contributed by atoms with E-state index in [2.05, 4.69) is 205 Å². The van der Waals surface area contributed by atoms with Gasteiger partial charge in [0, 0.05) is 57.3 Å². The summed E-state index contributed by atoms with van der Waals surface area (Å²) in [7, 11) is 0. The minimum Gasteiger partial charge on any atom is -0.310 e. The predicted molar refractivity (Wildman–Crippen MR) is 241 cm³/mol. The molecule has 0 amide bonds. The van der Waals surface area contributed by atoms with Crippen molar-refractivity contribution < 1.29 is 0 Å².